The Kier molecular flexibility index (Phi) is 6.36. The van der Waals surface area contributed by atoms with Crippen LogP contribution in [-0.2, 0) is 11.3 Å². The van der Waals surface area contributed by atoms with Crippen LogP contribution in [0, 0.1) is 10.1 Å². The van der Waals surface area contributed by atoms with Crippen LogP contribution in [-0.4, -0.2) is 20.4 Å². The number of halogens is 1. The first-order valence-corrected chi connectivity index (χ1v) is 10.2. The second-order valence-electron chi connectivity index (χ2n) is 7.02. The first-order chi connectivity index (χ1) is 15.9. The molecule has 0 aliphatic heterocycles. The Morgan fingerprint density at radius 2 is 1.97 bits per heavy atom. The Hall–Kier alpha value is -4.18. The van der Waals surface area contributed by atoms with Crippen LogP contribution < -0.4 is 15.8 Å². The number of benzene rings is 2. The summed E-state index contributed by atoms with van der Waals surface area (Å²) in [4.78, 5) is 38.8. The molecule has 0 atom stereocenters. The van der Waals surface area contributed by atoms with Gasteiger partial charge < -0.3 is 14.5 Å². The number of pyridine rings is 1. The monoisotopic (exact) mass is 468 g/mol. The van der Waals surface area contributed by atoms with Crippen LogP contribution in [0.25, 0.3) is 11.1 Å². The number of fused-ring (bicyclic) bond motifs is 1. The van der Waals surface area contributed by atoms with Crippen LogP contribution in [0.5, 0.6) is 11.6 Å². The lowest BCUT2D eigenvalue weighted by molar-refractivity contribution is -0.384. The SMILES string of the molecule is O=C(CCCn1c(=O)oc2cc([N+](=O)[O-])ccc21)Nc1ccc(Oc2ccc(Cl)cc2)nc1. The number of non-ortho nitro benzene ring substituents is 1. The quantitative estimate of drug-likeness (QED) is 0.291. The van der Waals surface area contributed by atoms with E-state index in [1.807, 2.05) is 0 Å². The number of amides is 1. The molecule has 0 bridgehead atoms. The van der Waals surface area contributed by atoms with Gasteiger partial charge in [0.2, 0.25) is 11.8 Å². The third-order valence-electron chi connectivity index (χ3n) is 4.70. The Labute approximate surface area is 191 Å². The number of hydrogen-bond acceptors (Lipinski definition) is 7. The highest BCUT2D eigenvalue weighted by Gasteiger charge is 2.14. The van der Waals surface area contributed by atoms with Crippen molar-refractivity contribution in [3.8, 4) is 11.6 Å². The molecule has 10 nitrogen and oxygen atoms in total. The number of nitrogens with zero attached hydrogens (tertiary/aromatic N) is 3. The zero-order valence-corrected chi connectivity index (χ0v) is 17.8. The third kappa shape index (κ3) is 5.36. The summed E-state index contributed by atoms with van der Waals surface area (Å²) < 4.78 is 12.0. The molecular formula is C22H17ClN4O6. The topological polar surface area (TPSA) is 130 Å². The molecule has 33 heavy (non-hydrogen) atoms. The lowest BCUT2D eigenvalue weighted by Crippen LogP contribution is -2.17. The summed E-state index contributed by atoms with van der Waals surface area (Å²) in [6, 6.07) is 14.1. The lowest BCUT2D eigenvalue weighted by atomic mass is 10.2. The van der Waals surface area contributed by atoms with Crippen molar-refractivity contribution in [2.24, 2.45) is 0 Å². The Morgan fingerprint density at radius 1 is 1.18 bits per heavy atom. The maximum absolute atomic E-state index is 12.2. The second-order valence-corrected chi connectivity index (χ2v) is 7.46. The van der Waals surface area contributed by atoms with Gasteiger partial charge in [0.05, 0.1) is 28.4 Å². The molecule has 168 valence electrons. The largest absolute Gasteiger partial charge is 0.439 e. The van der Waals surface area contributed by atoms with Crippen molar-refractivity contribution in [1.82, 2.24) is 9.55 Å². The number of hydrogen-bond donors (Lipinski definition) is 1. The number of carbonyl (C=O) groups is 1. The first-order valence-electron chi connectivity index (χ1n) is 9.86. The van der Waals surface area contributed by atoms with E-state index in [0.29, 0.717) is 34.3 Å². The highest BCUT2D eigenvalue weighted by Crippen LogP contribution is 2.23. The maximum atomic E-state index is 12.2. The number of nitro groups is 1. The van der Waals surface area contributed by atoms with Gasteiger partial charge >= 0.3 is 5.76 Å². The molecule has 2 aromatic heterocycles. The van der Waals surface area contributed by atoms with E-state index >= 15 is 0 Å². The van der Waals surface area contributed by atoms with Gasteiger partial charge in [0.15, 0.2) is 5.58 Å². The van der Waals surface area contributed by atoms with Crippen LogP contribution in [0.3, 0.4) is 0 Å². The molecule has 0 unspecified atom stereocenters. The zero-order valence-electron chi connectivity index (χ0n) is 17.1. The molecule has 0 fully saturated rings. The number of nitrogens with one attached hydrogen (secondary N) is 1. The fourth-order valence-corrected chi connectivity index (χ4v) is 3.27. The highest BCUT2D eigenvalue weighted by atomic mass is 35.5. The van der Waals surface area contributed by atoms with Gasteiger partial charge in [-0.1, -0.05) is 11.6 Å². The normalized spacial score (nSPS) is 10.8. The van der Waals surface area contributed by atoms with Crippen molar-refractivity contribution in [1.29, 1.82) is 0 Å². The van der Waals surface area contributed by atoms with E-state index in [4.69, 9.17) is 20.8 Å². The fourth-order valence-electron chi connectivity index (χ4n) is 3.14. The summed E-state index contributed by atoms with van der Waals surface area (Å²) in [6.45, 7) is 0.225. The molecule has 0 saturated carbocycles. The third-order valence-corrected chi connectivity index (χ3v) is 4.96. The number of oxazole rings is 1. The number of nitro benzene ring substituents is 1. The van der Waals surface area contributed by atoms with Crippen LogP contribution in [0.2, 0.25) is 5.02 Å². The molecule has 0 radical (unpaired) electrons. The smallest absolute Gasteiger partial charge is 0.419 e. The molecule has 11 heteroatoms. The van der Waals surface area contributed by atoms with Crippen LogP contribution in [0.1, 0.15) is 12.8 Å². The predicted molar refractivity (Wildman–Crippen MR) is 121 cm³/mol. The van der Waals surface area contributed by atoms with Gasteiger partial charge in [0, 0.05) is 30.1 Å². The number of aryl methyl sites for hydroxylation is 1. The minimum absolute atomic E-state index is 0.130. The van der Waals surface area contributed by atoms with E-state index in [-0.39, 0.29) is 30.1 Å². The summed E-state index contributed by atoms with van der Waals surface area (Å²) >= 11 is 5.84. The molecule has 1 N–H and O–H groups in total. The first kappa shape index (κ1) is 22.0. The van der Waals surface area contributed by atoms with Crippen LogP contribution in [0.4, 0.5) is 11.4 Å². The molecule has 2 aromatic carbocycles. The fraction of sp³-hybridized carbons (Fsp3) is 0.136. The summed E-state index contributed by atoms with van der Waals surface area (Å²) in [5, 5.41) is 14.2. The van der Waals surface area contributed by atoms with Crippen molar-refractivity contribution in [2.45, 2.75) is 19.4 Å². The summed E-state index contributed by atoms with van der Waals surface area (Å²) in [5.74, 6) is 0.0631. The van der Waals surface area contributed by atoms with E-state index in [2.05, 4.69) is 10.3 Å². The van der Waals surface area contributed by atoms with E-state index < -0.39 is 10.7 Å². The highest BCUT2D eigenvalue weighted by molar-refractivity contribution is 6.30. The lowest BCUT2D eigenvalue weighted by Gasteiger charge is -2.07. The Morgan fingerprint density at radius 3 is 2.67 bits per heavy atom. The minimum Gasteiger partial charge on any atom is -0.439 e. The van der Waals surface area contributed by atoms with Crippen LogP contribution in [0.15, 0.2) is 70.0 Å². The number of rotatable bonds is 8. The molecular weight excluding hydrogens is 452 g/mol. The summed E-state index contributed by atoms with van der Waals surface area (Å²) in [5.41, 5.74) is 0.903. The average molecular weight is 469 g/mol. The Bertz CT molecular complexity index is 1360. The maximum Gasteiger partial charge on any atom is 0.419 e. The van der Waals surface area contributed by atoms with E-state index in [9.17, 15) is 19.7 Å². The van der Waals surface area contributed by atoms with Gasteiger partial charge in [0.25, 0.3) is 5.69 Å². The summed E-state index contributed by atoms with van der Waals surface area (Å²) in [6.07, 6.45) is 1.99. The van der Waals surface area contributed by atoms with Gasteiger partial charge in [0.1, 0.15) is 5.75 Å². The van der Waals surface area contributed by atoms with Crippen molar-refractivity contribution >= 4 is 40.0 Å². The van der Waals surface area contributed by atoms with Gasteiger partial charge in [-0.2, -0.15) is 0 Å². The molecule has 2 heterocycles. The van der Waals surface area contributed by atoms with Gasteiger partial charge in [-0.25, -0.2) is 9.78 Å². The molecule has 4 rings (SSSR count). The molecule has 0 aliphatic carbocycles. The van der Waals surface area contributed by atoms with Crippen molar-refractivity contribution in [3.05, 3.63) is 86.5 Å². The van der Waals surface area contributed by atoms with Gasteiger partial charge in [-0.15, -0.1) is 0 Å². The predicted octanol–water partition coefficient (Wildman–Crippen LogP) is 4.76. The van der Waals surface area contributed by atoms with Crippen LogP contribution >= 0.6 is 11.6 Å². The van der Waals surface area contributed by atoms with Crippen molar-refractivity contribution in [2.75, 3.05) is 5.32 Å². The van der Waals surface area contributed by atoms with E-state index in [0.717, 1.165) is 0 Å². The molecule has 0 spiro atoms. The molecule has 0 aliphatic rings. The Balaban J connectivity index is 1.30. The van der Waals surface area contributed by atoms with Gasteiger partial charge in [-0.05, 0) is 42.8 Å². The van der Waals surface area contributed by atoms with Crippen molar-refractivity contribution in [3.63, 3.8) is 0 Å². The second kappa shape index (κ2) is 9.53. The number of carbonyl (C=O) groups excluding carboxylic acids is 1. The number of aromatic nitrogens is 2. The van der Waals surface area contributed by atoms with E-state index in [1.54, 1.807) is 36.4 Å². The van der Waals surface area contributed by atoms with Crippen molar-refractivity contribution < 1.29 is 18.9 Å². The van der Waals surface area contributed by atoms with E-state index in [1.165, 1.54) is 29.0 Å². The number of ether oxygens (including phenoxy) is 1. The molecule has 1 amide bonds. The molecule has 4 aromatic rings. The molecule has 0 saturated heterocycles. The average Bonchev–Trinajstić information content (AvgIpc) is 3.11. The minimum atomic E-state index is -0.633. The summed E-state index contributed by atoms with van der Waals surface area (Å²) in [7, 11) is 0. The number of anilines is 1. The standard InChI is InChI=1S/C22H17ClN4O6/c23-14-3-7-17(8-4-14)32-21-10-5-15(13-24-21)25-20(28)2-1-11-26-18-9-6-16(27(30)31)12-19(18)33-22(26)29/h3-10,12-13H,1-2,11H2,(H,25,28). The van der Waals surface area contributed by atoms with Gasteiger partial charge in [-0.3, -0.25) is 19.5 Å². The zero-order chi connectivity index (χ0) is 23.4.